The number of methoxy groups -OCH3 is 1. The molecule has 0 aromatic heterocycles. The maximum Gasteiger partial charge on any atom is 0.264 e. The molecule has 0 aliphatic heterocycles. The number of amides is 2. The summed E-state index contributed by atoms with van der Waals surface area (Å²) >= 11 is 0. The molecule has 2 amide bonds. The number of nitrogens with one attached hydrogen (secondary N) is 1. The molecule has 9 heteroatoms. The monoisotopic (exact) mass is 551 g/mol. The molecular weight excluding hydrogens is 514 g/mol. The molecule has 1 N–H and O–H groups in total. The highest BCUT2D eigenvalue weighted by Crippen LogP contribution is 2.29. The number of anilines is 1. The fraction of sp³-hybridized carbons (Fsp3) is 0.333. The van der Waals surface area contributed by atoms with E-state index in [0.717, 1.165) is 26.6 Å². The number of carbonyl (C=O) groups is 2. The minimum absolute atomic E-state index is 0.0850. The van der Waals surface area contributed by atoms with Crippen molar-refractivity contribution in [3.05, 3.63) is 89.0 Å². The van der Waals surface area contributed by atoms with E-state index in [1.807, 2.05) is 45.9 Å². The molecule has 8 nitrogen and oxygen atoms in total. The zero-order valence-electron chi connectivity index (χ0n) is 23.4. The van der Waals surface area contributed by atoms with Crippen LogP contribution in [0.5, 0.6) is 5.75 Å². The van der Waals surface area contributed by atoms with Gasteiger partial charge >= 0.3 is 0 Å². The lowest BCUT2D eigenvalue weighted by atomic mass is 10.1. The lowest BCUT2D eigenvalue weighted by Crippen LogP contribution is -2.51. The number of nitrogens with zero attached hydrogens (tertiary/aromatic N) is 2. The van der Waals surface area contributed by atoms with Crippen molar-refractivity contribution in [1.29, 1.82) is 0 Å². The van der Waals surface area contributed by atoms with Crippen molar-refractivity contribution < 1.29 is 22.7 Å². The number of likely N-dealkylation sites (N-methyl/N-ethyl adjacent to an activating group) is 1. The van der Waals surface area contributed by atoms with Crippen LogP contribution in [0.4, 0.5) is 5.69 Å². The quantitative estimate of drug-likeness (QED) is 0.382. The maximum atomic E-state index is 14.0. The van der Waals surface area contributed by atoms with Gasteiger partial charge < -0.3 is 15.0 Å². The van der Waals surface area contributed by atoms with Crippen molar-refractivity contribution in [1.82, 2.24) is 10.2 Å². The smallest absolute Gasteiger partial charge is 0.264 e. The standard InChI is InChI=1S/C30H37N3O5S/c1-7-27(30(35)31-5)32(19-24-13-15-25(38-6)16-14-24)29(34)20-33(28-10-8-9-22(3)23(28)4)39(36,37)26-17-11-21(2)12-18-26/h8-18,27H,7,19-20H2,1-6H3,(H,31,35)/t27-/m1/s1. The molecule has 0 radical (unpaired) electrons. The van der Waals surface area contributed by atoms with Gasteiger partial charge in [0, 0.05) is 13.6 Å². The zero-order chi connectivity index (χ0) is 28.7. The number of rotatable bonds is 11. The first kappa shape index (κ1) is 29.7. The Morgan fingerprint density at radius 3 is 2.15 bits per heavy atom. The Morgan fingerprint density at radius 2 is 1.59 bits per heavy atom. The average molecular weight is 552 g/mol. The number of sulfonamides is 1. The highest BCUT2D eigenvalue weighted by atomic mass is 32.2. The summed E-state index contributed by atoms with van der Waals surface area (Å²) in [5.41, 5.74) is 3.77. The molecule has 3 aromatic rings. The van der Waals surface area contributed by atoms with Crippen molar-refractivity contribution in [2.75, 3.05) is 25.0 Å². The maximum absolute atomic E-state index is 14.0. The van der Waals surface area contributed by atoms with Gasteiger partial charge in [-0.1, -0.05) is 48.9 Å². The second-order valence-corrected chi connectivity index (χ2v) is 11.3. The summed E-state index contributed by atoms with van der Waals surface area (Å²) in [6.07, 6.45) is 0.357. The lowest BCUT2D eigenvalue weighted by molar-refractivity contribution is -0.140. The number of benzene rings is 3. The van der Waals surface area contributed by atoms with Crippen molar-refractivity contribution in [2.45, 2.75) is 51.6 Å². The van der Waals surface area contributed by atoms with Crippen molar-refractivity contribution in [2.24, 2.45) is 0 Å². The Balaban J connectivity index is 2.09. The van der Waals surface area contributed by atoms with Gasteiger partial charge in [0.25, 0.3) is 10.0 Å². The third-order valence-electron chi connectivity index (χ3n) is 6.88. The Labute approximate surface area is 231 Å². The molecule has 1 atom stereocenters. The van der Waals surface area contributed by atoms with E-state index in [9.17, 15) is 18.0 Å². The number of ether oxygens (including phenoxy) is 1. The Kier molecular flexibility index (Phi) is 9.75. The summed E-state index contributed by atoms with van der Waals surface area (Å²) in [6.45, 7) is 7.08. The molecule has 208 valence electrons. The van der Waals surface area contributed by atoms with E-state index in [0.29, 0.717) is 17.9 Å². The first-order valence-electron chi connectivity index (χ1n) is 12.8. The Bertz CT molecular complexity index is 1400. The summed E-state index contributed by atoms with van der Waals surface area (Å²) in [4.78, 5) is 28.4. The third kappa shape index (κ3) is 6.78. The highest BCUT2D eigenvalue weighted by molar-refractivity contribution is 7.92. The SMILES string of the molecule is CC[C@H](C(=O)NC)N(Cc1ccc(OC)cc1)C(=O)CN(c1cccc(C)c1C)S(=O)(=O)c1ccc(C)cc1. The van der Waals surface area contributed by atoms with Gasteiger partial charge in [-0.2, -0.15) is 0 Å². The molecule has 0 unspecified atom stereocenters. The van der Waals surface area contributed by atoms with E-state index < -0.39 is 28.5 Å². The minimum Gasteiger partial charge on any atom is -0.497 e. The molecule has 3 rings (SSSR count). The van der Waals surface area contributed by atoms with E-state index in [1.54, 1.807) is 55.6 Å². The zero-order valence-corrected chi connectivity index (χ0v) is 24.2. The molecule has 0 bridgehead atoms. The molecule has 39 heavy (non-hydrogen) atoms. The van der Waals surface area contributed by atoms with E-state index in [-0.39, 0.29) is 17.3 Å². The van der Waals surface area contributed by atoms with Gasteiger partial charge in [0.1, 0.15) is 18.3 Å². The van der Waals surface area contributed by atoms with Crippen LogP contribution in [0.3, 0.4) is 0 Å². The molecule has 3 aromatic carbocycles. The summed E-state index contributed by atoms with van der Waals surface area (Å²) < 4.78 is 34.4. The molecule has 0 saturated carbocycles. The van der Waals surface area contributed by atoms with Crippen LogP contribution in [0.2, 0.25) is 0 Å². The van der Waals surface area contributed by atoms with Gasteiger partial charge in [0.05, 0.1) is 17.7 Å². The highest BCUT2D eigenvalue weighted by Gasteiger charge is 2.34. The Morgan fingerprint density at radius 1 is 0.949 bits per heavy atom. The van der Waals surface area contributed by atoms with Crippen molar-refractivity contribution >= 4 is 27.5 Å². The third-order valence-corrected chi connectivity index (χ3v) is 8.65. The second kappa shape index (κ2) is 12.8. The van der Waals surface area contributed by atoms with Crippen LogP contribution in [-0.2, 0) is 26.2 Å². The Hall–Kier alpha value is -3.85. The fourth-order valence-corrected chi connectivity index (χ4v) is 5.84. The molecular formula is C30H37N3O5S. The first-order chi connectivity index (χ1) is 18.5. The van der Waals surface area contributed by atoms with Crippen LogP contribution in [0.25, 0.3) is 0 Å². The van der Waals surface area contributed by atoms with Crippen molar-refractivity contribution in [3.8, 4) is 5.75 Å². The van der Waals surface area contributed by atoms with Crippen LogP contribution in [0, 0.1) is 20.8 Å². The predicted molar refractivity (Wildman–Crippen MR) is 153 cm³/mol. The van der Waals surface area contributed by atoms with Gasteiger partial charge in [-0.05, 0) is 74.2 Å². The minimum atomic E-state index is -4.11. The molecule has 0 saturated heterocycles. The van der Waals surface area contributed by atoms with Gasteiger partial charge in [0.2, 0.25) is 11.8 Å². The fourth-order valence-electron chi connectivity index (χ4n) is 4.37. The average Bonchev–Trinajstić information content (AvgIpc) is 2.93. The van der Waals surface area contributed by atoms with Gasteiger partial charge in [-0.25, -0.2) is 8.42 Å². The van der Waals surface area contributed by atoms with E-state index >= 15 is 0 Å². The molecule has 0 aliphatic rings. The predicted octanol–water partition coefficient (Wildman–Crippen LogP) is 4.37. The topological polar surface area (TPSA) is 96.0 Å². The summed E-state index contributed by atoms with van der Waals surface area (Å²) in [5, 5.41) is 2.63. The van der Waals surface area contributed by atoms with E-state index in [4.69, 9.17) is 4.74 Å². The second-order valence-electron chi connectivity index (χ2n) is 9.45. The first-order valence-corrected chi connectivity index (χ1v) is 14.3. The molecule has 0 aliphatic carbocycles. The largest absolute Gasteiger partial charge is 0.497 e. The lowest BCUT2D eigenvalue weighted by Gasteiger charge is -2.33. The number of hydrogen-bond donors (Lipinski definition) is 1. The van der Waals surface area contributed by atoms with Gasteiger partial charge in [-0.15, -0.1) is 0 Å². The van der Waals surface area contributed by atoms with Gasteiger partial charge in [-0.3, -0.25) is 13.9 Å². The summed E-state index contributed by atoms with van der Waals surface area (Å²) in [7, 11) is -1.02. The van der Waals surface area contributed by atoms with Crippen LogP contribution >= 0.6 is 0 Å². The summed E-state index contributed by atoms with van der Waals surface area (Å²) in [6, 6.07) is 18.3. The van der Waals surface area contributed by atoms with Crippen LogP contribution in [0.15, 0.2) is 71.6 Å². The number of carbonyl (C=O) groups excluding carboxylic acids is 2. The normalized spacial score (nSPS) is 11.9. The molecule has 0 heterocycles. The molecule has 0 fully saturated rings. The summed E-state index contributed by atoms with van der Waals surface area (Å²) in [5.74, 6) is -0.142. The van der Waals surface area contributed by atoms with Crippen LogP contribution in [0.1, 0.15) is 35.6 Å². The van der Waals surface area contributed by atoms with E-state index in [1.165, 1.54) is 11.9 Å². The van der Waals surface area contributed by atoms with Crippen LogP contribution in [-0.4, -0.2) is 51.9 Å². The van der Waals surface area contributed by atoms with E-state index in [2.05, 4.69) is 5.32 Å². The molecule has 0 spiro atoms. The number of aryl methyl sites for hydroxylation is 2. The number of hydrogen-bond acceptors (Lipinski definition) is 5. The van der Waals surface area contributed by atoms with Crippen molar-refractivity contribution in [3.63, 3.8) is 0 Å². The van der Waals surface area contributed by atoms with Gasteiger partial charge in [0.15, 0.2) is 0 Å². The van der Waals surface area contributed by atoms with Crippen LogP contribution < -0.4 is 14.4 Å².